The van der Waals surface area contributed by atoms with Gasteiger partial charge in [0, 0.05) is 13.1 Å². The minimum Gasteiger partial charge on any atom is -0.375 e. The number of hydrogen-bond donors (Lipinski definition) is 1. The van der Waals surface area contributed by atoms with Gasteiger partial charge < -0.3 is 15.0 Å². The Balaban J connectivity index is 1.26. The molecule has 2 amide bonds. The highest BCUT2D eigenvalue weighted by Crippen LogP contribution is 2.30. The van der Waals surface area contributed by atoms with Crippen LogP contribution in [0, 0.1) is 0 Å². The normalized spacial score (nSPS) is 24.9. The molecular weight excluding hydrogens is 324 g/mol. The van der Waals surface area contributed by atoms with Gasteiger partial charge in [0.05, 0.1) is 18.2 Å². The first-order chi connectivity index (χ1) is 12.8. The molecule has 0 radical (unpaired) electrons. The summed E-state index contributed by atoms with van der Waals surface area (Å²) in [6.45, 7) is 1.63. The number of fused-ring (bicyclic) bond motifs is 1. The third-order valence-electron chi connectivity index (χ3n) is 6.33. The summed E-state index contributed by atoms with van der Waals surface area (Å²) in [6.07, 6.45) is 12.5. The highest BCUT2D eigenvalue weighted by atomic mass is 16.5. The molecule has 142 valence electrons. The van der Waals surface area contributed by atoms with Gasteiger partial charge in [-0.15, -0.1) is 0 Å². The Hall–Kier alpha value is -1.55. The molecule has 0 bridgehead atoms. The molecule has 4 rings (SSSR count). The third-order valence-corrected chi connectivity index (χ3v) is 6.33. The Morgan fingerprint density at radius 1 is 0.923 bits per heavy atom. The van der Waals surface area contributed by atoms with Crippen molar-refractivity contribution in [2.75, 3.05) is 13.1 Å². The predicted octanol–water partition coefficient (Wildman–Crippen LogP) is 4.59. The van der Waals surface area contributed by atoms with E-state index in [9.17, 15) is 4.79 Å². The number of carbonyl (C=O) groups excluding carboxylic acids is 1. The lowest BCUT2D eigenvalue weighted by Crippen LogP contribution is -2.47. The van der Waals surface area contributed by atoms with Crippen molar-refractivity contribution in [3.05, 3.63) is 35.4 Å². The second-order valence-corrected chi connectivity index (χ2v) is 8.18. The molecule has 0 spiro atoms. The van der Waals surface area contributed by atoms with E-state index in [0.717, 1.165) is 45.2 Å². The topological polar surface area (TPSA) is 41.6 Å². The van der Waals surface area contributed by atoms with E-state index in [1.807, 2.05) is 4.90 Å². The molecular formula is C22H32N2O2. The quantitative estimate of drug-likeness (QED) is 0.861. The van der Waals surface area contributed by atoms with E-state index in [0.29, 0.717) is 12.2 Å². The van der Waals surface area contributed by atoms with Gasteiger partial charge >= 0.3 is 6.03 Å². The lowest BCUT2D eigenvalue weighted by atomic mass is 9.88. The number of aryl methyl sites for hydroxylation is 1. The molecule has 26 heavy (non-hydrogen) atoms. The number of nitrogens with one attached hydrogen (secondary N) is 1. The monoisotopic (exact) mass is 356 g/mol. The van der Waals surface area contributed by atoms with Gasteiger partial charge in [-0.1, -0.05) is 43.5 Å². The van der Waals surface area contributed by atoms with Crippen LogP contribution in [0.5, 0.6) is 0 Å². The largest absolute Gasteiger partial charge is 0.375 e. The number of hydrogen-bond acceptors (Lipinski definition) is 2. The van der Waals surface area contributed by atoms with Crippen LogP contribution in [-0.2, 0) is 11.2 Å². The molecule has 2 aliphatic carbocycles. The first-order valence-corrected chi connectivity index (χ1v) is 10.6. The minimum absolute atomic E-state index is 0.0998. The molecule has 1 N–H and O–H groups in total. The van der Waals surface area contributed by atoms with E-state index in [1.54, 1.807) is 0 Å². The maximum Gasteiger partial charge on any atom is 0.317 e. The third kappa shape index (κ3) is 4.22. The maximum atomic E-state index is 12.7. The van der Waals surface area contributed by atoms with Crippen LogP contribution in [0.1, 0.15) is 75.0 Å². The number of urea groups is 1. The Bertz CT molecular complexity index is 604. The molecule has 1 saturated carbocycles. The molecule has 1 aliphatic heterocycles. The SMILES string of the molecule is O=C(NC1CCCc2ccccc21)N1CCC(OC2CCCCC2)CC1. The van der Waals surface area contributed by atoms with Crippen molar-refractivity contribution in [1.29, 1.82) is 0 Å². The van der Waals surface area contributed by atoms with Gasteiger partial charge in [-0.3, -0.25) is 0 Å². The first kappa shape index (κ1) is 17.8. The van der Waals surface area contributed by atoms with Crippen molar-refractivity contribution in [2.45, 2.75) is 82.5 Å². The summed E-state index contributed by atoms with van der Waals surface area (Å²) < 4.78 is 6.30. The minimum atomic E-state index is 0.0998. The zero-order chi connectivity index (χ0) is 17.8. The summed E-state index contributed by atoms with van der Waals surface area (Å²) in [4.78, 5) is 14.7. The van der Waals surface area contributed by atoms with Crippen molar-refractivity contribution in [3.8, 4) is 0 Å². The van der Waals surface area contributed by atoms with E-state index in [4.69, 9.17) is 4.74 Å². The molecule has 2 fully saturated rings. The van der Waals surface area contributed by atoms with Gasteiger partial charge in [0.1, 0.15) is 0 Å². The van der Waals surface area contributed by atoms with Gasteiger partial charge in [-0.25, -0.2) is 4.79 Å². The van der Waals surface area contributed by atoms with Crippen LogP contribution < -0.4 is 5.32 Å². The van der Waals surface area contributed by atoms with Crippen molar-refractivity contribution in [1.82, 2.24) is 10.2 Å². The van der Waals surface area contributed by atoms with Gasteiger partial charge in [0.2, 0.25) is 0 Å². The zero-order valence-electron chi connectivity index (χ0n) is 15.8. The lowest BCUT2D eigenvalue weighted by molar-refractivity contribution is -0.0515. The standard InChI is InChI=1S/C22H32N2O2/c25-22(23-21-12-6-8-17-7-4-5-11-20(17)21)24-15-13-19(14-16-24)26-18-9-2-1-3-10-18/h4-5,7,11,18-19,21H,1-3,6,8-10,12-16H2,(H,23,25). The zero-order valence-corrected chi connectivity index (χ0v) is 15.8. The van der Waals surface area contributed by atoms with Crippen LogP contribution in [0.3, 0.4) is 0 Å². The second kappa shape index (κ2) is 8.43. The van der Waals surface area contributed by atoms with Crippen LogP contribution in [0.4, 0.5) is 4.79 Å². The number of nitrogens with zero attached hydrogens (tertiary/aromatic N) is 1. The summed E-state index contributed by atoms with van der Waals surface area (Å²) in [6, 6.07) is 8.81. The fourth-order valence-corrected chi connectivity index (χ4v) is 4.81. The van der Waals surface area contributed by atoms with E-state index in [1.165, 1.54) is 43.2 Å². The van der Waals surface area contributed by atoms with E-state index in [2.05, 4.69) is 29.6 Å². The van der Waals surface area contributed by atoms with Crippen LogP contribution in [0.25, 0.3) is 0 Å². The van der Waals surface area contributed by atoms with Crippen molar-refractivity contribution >= 4 is 6.03 Å². The fourth-order valence-electron chi connectivity index (χ4n) is 4.81. The van der Waals surface area contributed by atoms with Crippen molar-refractivity contribution < 1.29 is 9.53 Å². The summed E-state index contributed by atoms with van der Waals surface area (Å²) in [5.41, 5.74) is 2.70. The molecule has 1 aromatic rings. The molecule has 1 heterocycles. The number of likely N-dealkylation sites (tertiary alicyclic amines) is 1. The molecule has 4 nitrogen and oxygen atoms in total. The smallest absolute Gasteiger partial charge is 0.317 e. The highest BCUT2D eigenvalue weighted by molar-refractivity contribution is 5.75. The summed E-state index contributed by atoms with van der Waals surface area (Å²) in [7, 11) is 0. The predicted molar refractivity (Wildman–Crippen MR) is 103 cm³/mol. The molecule has 3 aliphatic rings. The second-order valence-electron chi connectivity index (χ2n) is 8.18. The molecule has 1 saturated heterocycles. The molecule has 1 aromatic carbocycles. The maximum absolute atomic E-state index is 12.7. The van der Waals surface area contributed by atoms with Crippen LogP contribution in [-0.4, -0.2) is 36.2 Å². The summed E-state index contributed by atoms with van der Waals surface area (Å²) in [5, 5.41) is 3.29. The van der Waals surface area contributed by atoms with Gasteiger partial charge in [0.15, 0.2) is 0 Å². The Morgan fingerprint density at radius 2 is 1.65 bits per heavy atom. The van der Waals surface area contributed by atoms with Crippen LogP contribution in [0.2, 0.25) is 0 Å². The number of piperidine rings is 1. The molecule has 4 heteroatoms. The number of amides is 2. The number of ether oxygens (including phenoxy) is 1. The fraction of sp³-hybridized carbons (Fsp3) is 0.682. The molecule has 1 atom stereocenters. The summed E-state index contributed by atoms with van der Waals surface area (Å²) in [5.74, 6) is 0. The van der Waals surface area contributed by atoms with Gasteiger partial charge in [-0.05, 0) is 56.1 Å². The Kier molecular flexibility index (Phi) is 5.78. The van der Waals surface area contributed by atoms with E-state index < -0.39 is 0 Å². The summed E-state index contributed by atoms with van der Waals surface area (Å²) >= 11 is 0. The average molecular weight is 357 g/mol. The van der Waals surface area contributed by atoms with Gasteiger partial charge in [-0.2, -0.15) is 0 Å². The van der Waals surface area contributed by atoms with Gasteiger partial charge in [0.25, 0.3) is 0 Å². The highest BCUT2D eigenvalue weighted by Gasteiger charge is 2.28. The van der Waals surface area contributed by atoms with Crippen molar-refractivity contribution in [3.63, 3.8) is 0 Å². The van der Waals surface area contributed by atoms with Crippen LogP contribution in [0.15, 0.2) is 24.3 Å². The average Bonchev–Trinajstić information content (AvgIpc) is 2.70. The lowest BCUT2D eigenvalue weighted by Gasteiger charge is -2.36. The Morgan fingerprint density at radius 3 is 2.46 bits per heavy atom. The molecule has 0 aromatic heterocycles. The van der Waals surface area contributed by atoms with E-state index in [-0.39, 0.29) is 12.1 Å². The molecule has 1 unspecified atom stereocenters. The number of rotatable bonds is 3. The number of benzene rings is 1. The van der Waals surface area contributed by atoms with Crippen LogP contribution >= 0.6 is 0 Å². The first-order valence-electron chi connectivity index (χ1n) is 10.6. The number of carbonyl (C=O) groups is 1. The Labute approximate surface area is 157 Å². The van der Waals surface area contributed by atoms with E-state index >= 15 is 0 Å². The van der Waals surface area contributed by atoms with Crippen molar-refractivity contribution in [2.24, 2.45) is 0 Å².